The Labute approximate surface area is 73.5 Å². The van der Waals surface area contributed by atoms with E-state index in [1.54, 1.807) is 6.07 Å². The SMILES string of the molecule is COc1ccc(C#N)nc1[N+](=O)[O-]. The molecule has 0 unspecified atom stereocenters. The summed E-state index contributed by atoms with van der Waals surface area (Å²) >= 11 is 0. The molecule has 0 bridgehead atoms. The van der Waals surface area contributed by atoms with Gasteiger partial charge in [0.25, 0.3) is 5.69 Å². The van der Waals surface area contributed by atoms with Crippen LogP contribution >= 0.6 is 0 Å². The predicted molar refractivity (Wildman–Crippen MR) is 42.2 cm³/mol. The Kier molecular flexibility index (Phi) is 2.40. The fraction of sp³-hybridized carbons (Fsp3) is 0.143. The molecule has 0 fully saturated rings. The molecule has 1 rings (SSSR count). The molecule has 0 saturated carbocycles. The van der Waals surface area contributed by atoms with E-state index >= 15 is 0 Å². The van der Waals surface area contributed by atoms with Crippen molar-refractivity contribution < 1.29 is 9.66 Å². The summed E-state index contributed by atoms with van der Waals surface area (Å²) in [6, 6.07) is 4.39. The molecule has 0 aliphatic rings. The van der Waals surface area contributed by atoms with Gasteiger partial charge in [-0.05, 0) is 16.0 Å². The van der Waals surface area contributed by atoms with E-state index in [-0.39, 0.29) is 11.4 Å². The van der Waals surface area contributed by atoms with E-state index in [1.807, 2.05) is 0 Å². The normalized spacial score (nSPS) is 8.92. The highest BCUT2D eigenvalue weighted by molar-refractivity contribution is 5.42. The lowest BCUT2D eigenvalue weighted by atomic mass is 10.3. The van der Waals surface area contributed by atoms with Crippen LogP contribution < -0.4 is 4.74 Å². The molecule has 0 atom stereocenters. The minimum atomic E-state index is -0.695. The van der Waals surface area contributed by atoms with E-state index < -0.39 is 10.7 Å². The second-order valence-corrected chi connectivity index (χ2v) is 2.09. The molecule has 0 amide bonds. The van der Waals surface area contributed by atoms with Gasteiger partial charge in [0.15, 0.2) is 0 Å². The van der Waals surface area contributed by atoms with Crippen molar-refractivity contribution in [3.05, 3.63) is 27.9 Å². The van der Waals surface area contributed by atoms with Crippen LogP contribution in [0.4, 0.5) is 5.82 Å². The zero-order valence-corrected chi connectivity index (χ0v) is 6.72. The van der Waals surface area contributed by atoms with Crippen LogP contribution in [0.3, 0.4) is 0 Å². The minimum absolute atomic E-state index is 0.00694. The first kappa shape index (κ1) is 8.93. The standard InChI is InChI=1S/C7H5N3O3/c1-13-6-3-2-5(4-8)9-7(6)10(11)12/h2-3H,1H3. The second kappa shape index (κ2) is 3.49. The summed E-state index contributed by atoms with van der Waals surface area (Å²) in [5.41, 5.74) is -0.00694. The highest BCUT2D eigenvalue weighted by atomic mass is 16.6. The van der Waals surface area contributed by atoms with Crippen LogP contribution in [0.15, 0.2) is 12.1 Å². The summed E-state index contributed by atoms with van der Waals surface area (Å²) < 4.78 is 4.69. The van der Waals surface area contributed by atoms with Crippen molar-refractivity contribution in [1.29, 1.82) is 5.26 Å². The topological polar surface area (TPSA) is 89.0 Å². The van der Waals surface area contributed by atoms with Gasteiger partial charge in [-0.3, -0.25) is 0 Å². The summed E-state index contributed by atoms with van der Waals surface area (Å²) in [5, 5.41) is 18.8. The number of aromatic nitrogens is 1. The Morgan fingerprint density at radius 1 is 1.69 bits per heavy atom. The number of ether oxygens (including phenoxy) is 1. The number of methoxy groups -OCH3 is 1. The molecule has 66 valence electrons. The van der Waals surface area contributed by atoms with Crippen LogP contribution in [0.5, 0.6) is 5.75 Å². The third-order valence-electron chi connectivity index (χ3n) is 1.35. The van der Waals surface area contributed by atoms with Crippen molar-refractivity contribution in [3.63, 3.8) is 0 Å². The Balaban J connectivity index is 3.28. The van der Waals surface area contributed by atoms with Gasteiger partial charge in [-0.15, -0.1) is 0 Å². The van der Waals surface area contributed by atoms with Crippen molar-refractivity contribution in [2.24, 2.45) is 0 Å². The summed E-state index contributed by atoms with van der Waals surface area (Å²) in [7, 11) is 1.30. The average molecular weight is 179 g/mol. The minimum Gasteiger partial charge on any atom is -0.489 e. The highest BCUT2D eigenvalue weighted by Crippen LogP contribution is 2.23. The molecular weight excluding hydrogens is 174 g/mol. The molecule has 0 radical (unpaired) electrons. The Hall–Kier alpha value is -2.16. The molecule has 0 spiro atoms. The van der Waals surface area contributed by atoms with Crippen molar-refractivity contribution in [2.45, 2.75) is 0 Å². The molecule has 6 heteroatoms. The third-order valence-corrected chi connectivity index (χ3v) is 1.35. The zero-order chi connectivity index (χ0) is 9.84. The van der Waals surface area contributed by atoms with Gasteiger partial charge in [-0.1, -0.05) is 0 Å². The molecule has 1 aromatic rings. The number of nitrogens with zero attached hydrogens (tertiary/aromatic N) is 3. The molecule has 1 heterocycles. The van der Waals surface area contributed by atoms with Crippen molar-refractivity contribution >= 4 is 5.82 Å². The summed E-state index contributed by atoms with van der Waals surface area (Å²) in [6.07, 6.45) is 0. The van der Waals surface area contributed by atoms with Gasteiger partial charge in [0, 0.05) is 6.07 Å². The van der Waals surface area contributed by atoms with E-state index in [4.69, 9.17) is 10.00 Å². The quantitative estimate of drug-likeness (QED) is 0.496. The molecule has 0 aliphatic carbocycles. The first-order valence-electron chi connectivity index (χ1n) is 3.28. The Morgan fingerprint density at radius 2 is 2.38 bits per heavy atom. The fourth-order valence-corrected chi connectivity index (χ4v) is 0.788. The first-order valence-corrected chi connectivity index (χ1v) is 3.28. The van der Waals surface area contributed by atoms with E-state index in [0.717, 1.165) is 0 Å². The van der Waals surface area contributed by atoms with Crippen LogP contribution in [0.1, 0.15) is 5.69 Å². The number of hydrogen-bond acceptors (Lipinski definition) is 5. The van der Waals surface area contributed by atoms with Gasteiger partial charge in [-0.25, -0.2) is 0 Å². The van der Waals surface area contributed by atoms with Gasteiger partial charge in [0.2, 0.25) is 5.75 Å². The fourth-order valence-electron chi connectivity index (χ4n) is 0.788. The highest BCUT2D eigenvalue weighted by Gasteiger charge is 2.17. The van der Waals surface area contributed by atoms with Crippen molar-refractivity contribution in [1.82, 2.24) is 4.98 Å². The zero-order valence-electron chi connectivity index (χ0n) is 6.72. The van der Waals surface area contributed by atoms with E-state index in [1.165, 1.54) is 19.2 Å². The van der Waals surface area contributed by atoms with Gasteiger partial charge in [0.1, 0.15) is 6.07 Å². The maximum Gasteiger partial charge on any atom is 0.407 e. The molecule has 13 heavy (non-hydrogen) atoms. The van der Waals surface area contributed by atoms with Crippen molar-refractivity contribution in [2.75, 3.05) is 7.11 Å². The van der Waals surface area contributed by atoms with Gasteiger partial charge < -0.3 is 14.9 Å². The smallest absolute Gasteiger partial charge is 0.407 e. The van der Waals surface area contributed by atoms with Gasteiger partial charge >= 0.3 is 5.82 Å². The molecule has 0 aliphatic heterocycles. The molecule has 0 aromatic carbocycles. The third kappa shape index (κ3) is 1.70. The van der Waals surface area contributed by atoms with Gasteiger partial charge in [0.05, 0.1) is 7.11 Å². The largest absolute Gasteiger partial charge is 0.489 e. The van der Waals surface area contributed by atoms with E-state index in [2.05, 4.69) is 4.98 Å². The van der Waals surface area contributed by atoms with Gasteiger partial charge in [-0.2, -0.15) is 5.26 Å². The Morgan fingerprint density at radius 3 is 2.85 bits per heavy atom. The molecule has 0 N–H and O–H groups in total. The first-order chi connectivity index (χ1) is 6.19. The second-order valence-electron chi connectivity index (χ2n) is 2.09. The predicted octanol–water partition coefficient (Wildman–Crippen LogP) is 0.870. The molecule has 0 saturated heterocycles. The van der Waals surface area contributed by atoms with Crippen LogP contribution in [-0.4, -0.2) is 17.0 Å². The maximum absolute atomic E-state index is 10.4. The number of rotatable bonds is 2. The lowest BCUT2D eigenvalue weighted by Crippen LogP contribution is -1.97. The van der Waals surface area contributed by atoms with Crippen LogP contribution in [0.25, 0.3) is 0 Å². The molecule has 6 nitrogen and oxygen atoms in total. The monoisotopic (exact) mass is 179 g/mol. The Bertz CT molecular complexity index is 383. The number of hydrogen-bond donors (Lipinski definition) is 0. The maximum atomic E-state index is 10.4. The summed E-state index contributed by atoms with van der Waals surface area (Å²) in [6.45, 7) is 0. The molecular formula is C7H5N3O3. The van der Waals surface area contributed by atoms with Crippen LogP contribution in [0.2, 0.25) is 0 Å². The average Bonchev–Trinajstić information content (AvgIpc) is 2.16. The van der Waals surface area contributed by atoms with Crippen molar-refractivity contribution in [3.8, 4) is 11.8 Å². The summed E-state index contributed by atoms with van der Waals surface area (Å²) in [4.78, 5) is 13.2. The molecule has 1 aromatic heterocycles. The van der Waals surface area contributed by atoms with Crippen LogP contribution in [0, 0.1) is 21.4 Å². The lowest BCUT2D eigenvalue weighted by Gasteiger charge is -1.98. The number of nitro groups is 1. The number of nitriles is 1. The summed E-state index contributed by atoms with van der Waals surface area (Å²) in [5.74, 6) is -0.398. The number of pyridine rings is 1. The lowest BCUT2D eigenvalue weighted by molar-refractivity contribution is -0.390. The van der Waals surface area contributed by atoms with E-state index in [0.29, 0.717) is 0 Å². The van der Waals surface area contributed by atoms with E-state index in [9.17, 15) is 10.1 Å². The van der Waals surface area contributed by atoms with Crippen LogP contribution in [-0.2, 0) is 0 Å².